The molecule has 6 nitrogen and oxygen atoms in total. The van der Waals surface area contributed by atoms with E-state index in [0.717, 1.165) is 11.3 Å². The van der Waals surface area contributed by atoms with Crippen LogP contribution >= 0.6 is 0 Å². The van der Waals surface area contributed by atoms with E-state index >= 15 is 0 Å². The molecule has 3 rings (SSSR count). The van der Waals surface area contributed by atoms with Crippen molar-refractivity contribution in [2.24, 2.45) is 0 Å². The predicted molar refractivity (Wildman–Crippen MR) is 101 cm³/mol. The highest BCUT2D eigenvalue weighted by molar-refractivity contribution is 7.91. The van der Waals surface area contributed by atoms with Crippen LogP contribution in [-0.4, -0.2) is 43.3 Å². The summed E-state index contributed by atoms with van der Waals surface area (Å²) in [5.74, 6) is 0.813. The quantitative estimate of drug-likeness (QED) is 0.838. The minimum absolute atomic E-state index is 0.0879. The van der Waals surface area contributed by atoms with Crippen molar-refractivity contribution in [2.45, 2.75) is 32.9 Å². The molecule has 0 bridgehead atoms. The van der Waals surface area contributed by atoms with Crippen LogP contribution in [0.3, 0.4) is 0 Å². The van der Waals surface area contributed by atoms with Gasteiger partial charge in [0.2, 0.25) is 5.91 Å². The number of rotatable bonds is 6. The first kappa shape index (κ1) is 18.7. The summed E-state index contributed by atoms with van der Waals surface area (Å²) in [6, 6.07) is 9.22. The Morgan fingerprint density at radius 3 is 2.69 bits per heavy atom. The lowest BCUT2D eigenvalue weighted by Crippen LogP contribution is -2.41. The summed E-state index contributed by atoms with van der Waals surface area (Å²) in [6.07, 6.45) is 2.12. The van der Waals surface area contributed by atoms with Crippen LogP contribution in [0.15, 0.2) is 41.0 Å². The van der Waals surface area contributed by atoms with Gasteiger partial charge in [-0.25, -0.2) is 8.42 Å². The Morgan fingerprint density at radius 1 is 1.27 bits per heavy atom. The Balaban J connectivity index is 1.69. The van der Waals surface area contributed by atoms with Crippen LogP contribution in [0, 0.1) is 13.8 Å². The van der Waals surface area contributed by atoms with Gasteiger partial charge in [0, 0.05) is 11.7 Å². The van der Waals surface area contributed by atoms with Gasteiger partial charge in [-0.2, -0.15) is 0 Å². The Morgan fingerprint density at radius 2 is 2.08 bits per heavy atom. The largest absolute Gasteiger partial charge is 0.468 e. The number of benzene rings is 1. The fourth-order valence-corrected chi connectivity index (χ4v) is 4.95. The summed E-state index contributed by atoms with van der Waals surface area (Å²) in [4.78, 5) is 14.4. The second-order valence-electron chi connectivity index (χ2n) is 6.89. The number of carbonyl (C=O) groups excluding carboxylic acids is 1. The Labute approximate surface area is 154 Å². The molecule has 1 unspecified atom stereocenters. The third-order valence-electron chi connectivity index (χ3n) is 4.80. The Bertz CT molecular complexity index is 875. The molecule has 1 atom stereocenters. The molecule has 140 valence electrons. The van der Waals surface area contributed by atoms with E-state index in [9.17, 15) is 13.2 Å². The molecule has 26 heavy (non-hydrogen) atoms. The lowest BCUT2D eigenvalue weighted by atomic mass is 10.1. The van der Waals surface area contributed by atoms with E-state index in [1.807, 2.05) is 43.0 Å². The second-order valence-corrected chi connectivity index (χ2v) is 9.12. The molecule has 1 aromatic heterocycles. The first-order valence-electron chi connectivity index (χ1n) is 8.66. The minimum Gasteiger partial charge on any atom is -0.468 e. The van der Waals surface area contributed by atoms with Gasteiger partial charge < -0.3 is 9.73 Å². The summed E-state index contributed by atoms with van der Waals surface area (Å²) in [5, 5.41) is 2.90. The number of nitrogens with one attached hydrogen (secondary N) is 1. The number of hydrogen-bond acceptors (Lipinski definition) is 5. The zero-order chi connectivity index (χ0) is 18.7. The van der Waals surface area contributed by atoms with Gasteiger partial charge >= 0.3 is 0 Å². The van der Waals surface area contributed by atoms with Crippen molar-refractivity contribution in [2.75, 3.05) is 23.4 Å². The average molecular weight is 376 g/mol. The molecule has 1 aliphatic heterocycles. The molecule has 0 spiro atoms. The maximum absolute atomic E-state index is 12.5. The second kappa shape index (κ2) is 7.63. The summed E-state index contributed by atoms with van der Waals surface area (Å²) in [6.45, 7) is 4.55. The molecular weight excluding hydrogens is 352 g/mol. The van der Waals surface area contributed by atoms with E-state index in [1.54, 1.807) is 12.3 Å². The molecule has 1 saturated heterocycles. The van der Waals surface area contributed by atoms with Crippen LogP contribution < -0.4 is 5.32 Å². The van der Waals surface area contributed by atoms with Crippen LogP contribution in [0.1, 0.15) is 23.3 Å². The third-order valence-corrected chi connectivity index (χ3v) is 6.55. The van der Waals surface area contributed by atoms with Crippen molar-refractivity contribution < 1.29 is 17.6 Å². The fraction of sp³-hybridized carbons (Fsp3) is 0.421. The monoisotopic (exact) mass is 376 g/mol. The van der Waals surface area contributed by atoms with Gasteiger partial charge in [0.15, 0.2) is 9.84 Å². The molecule has 1 N–H and O–H groups in total. The molecule has 2 heterocycles. The highest BCUT2D eigenvalue weighted by Crippen LogP contribution is 2.21. The van der Waals surface area contributed by atoms with Gasteiger partial charge in [0.25, 0.3) is 0 Å². The number of hydrogen-bond donors (Lipinski definition) is 1. The predicted octanol–water partition coefficient (Wildman–Crippen LogP) is 2.52. The maximum atomic E-state index is 12.5. The zero-order valence-electron chi connectivity index (χ0n) is 15.1. The lowest BCUT2D eigenvalue weighted by Gasteiger charge is -2.26. The molecular formula is C19H24N2O4S. The van der Waals surface area contributed by atoms with Crippen molar-refractivity contribution in [3.05, 3.63) is 53.5 Å². The van der Waals surface area contributed by atoms with Crippen LogP contribution in [0.25, 0.3) is 0 Å². The van der Waals surface area contributed by atoms with Gasteiger partial charge in [-0.3, -0.25) is 9.69 Å². The van der Waals surface area contributed by atoms with Gasteiger partial charge in [-0.15, -0.1) is 0 Å². The number of sulfone groups is 1. The first-order chi connectivity index (χ1) is 12.3. The summed E-state index contributed by atoms with van der Waals surface area (Å²) >= 11 is 0. The molecule has 7 heteroatoms. The van der Waals surface area contributed by atoms with Crippen molar-refractivity contribution in [1.29, 1.82) is 0 Å². The van der Waals surface area contributed by atoms with Crippen molar-refractivity contribution >= 4 is 21.4 Å². The molecule has 0 aliphatic carbocycles. The van der Waals surface area contributed by atoms with Crippen molar-refractivity contribution in [3.8, 4) is 0 Å². The van der Waals surface area contributed by atoms with E-state index < -0.39 is 9.84 Å². The summed E-state index contributed by atoms with van der Waals surface area (Å²) < 4.78 is 29.1. The average Bonchev–Trinajstić information content (AvgIpc) is 3.19. The maximum Gasteiger partial charge on any atom is 0.238 e. The third kappa shape index (κ3) is 4.74. The topological polar surface area (TPSA) is 79.6 Å². The van der Waals surface area contributed by atoms with Gasteiger partial charge in [0.05, 0.1) is 30.9 Å². The number of furan rings is 1. The molecule has 1 fully saturated rings. The number of anilines is 1. The fourth-order valence-electron chi connectivity index (χ4n) is 3.18. The normalized spacial score (nSPS) is 19.0. The van der Waals surface area contributed by atoms with E-state index in [0.29, 0.717) is 18.7 Å². The van der Waals surface area contributed by atoms with E-state index in [-0.39, 0.29) is 30.0 Å². The Hall–Kier alpha value is -2.12. The van der Waals surface area contributed by atoms with Gasteiger partial charge in [0.1, 0.15) is 5.76 Å². The lowest BCUT2D eigenvalue weighted by molar-refractivity contribution is -0.118. The smallest absolute Gasteiger partial charge is 0.238 e. The molecule has 0 saturated carbocycles. The number of nitrogens with zero attached hydrogens (tertiary/aromatic N) is 1. The Kier molecular flexibility index (Phi) is 5.48. The van der Waals surface area contributed by atoms with Crippen LogP contribution in [0.4, 0.5) is 5.69 Å². The summed E-state index contributed by atoms with van der Waals surface area (Å²) in [5.41, 5.74) is 3.02. The van der Waals surface area contributed by atoms with Gasteiger partial charge in [-0.1, -0.05) is 6.07 Å². The molecule has 0 radical (unpaired) electrons. The van der Waals surface area contributed by atoms with Crippen LogP contribution in [-0.2, 0) is 21.2 Å². The molecule has 1 aliphatic rings. The number of carbonyl (C=O) groups is 1. The standard InChI is InChI=1S/C19H24N2O4S/c1-14-5-6-16(10-15(14)2)20-19(22)12-21(11-18-4-3-8-25-18)17-7-9-26(23,24)13-17/h3-6,8,10,17H,7,9,11-13H2,1-2H3,(H,20,22). The first-order valence-corrected chi connectivity index (χ1v) is 10.5. The number of amides is 1. The highest BCUT2D eigenvalue weighted by atomic mass is 32.2. The van der Waals surface area contributed by atoms with Gasteiger partial charge in [-0.05, 0) is 55.7 Å². The molecule has 1 aromatic carbocycles. The van der Waals surface area contributed by atoms with Crippen LogP contribution in [0.2, 0.25) is 0 Å². The molecule has 2 aromatic rings. The minimum atomic E-state index is -3.03. The highest BCUT2D eigenvalue weighted by Gasteiger charge is 2.33. The van der Waals surface area contributed by atoms with Crippen molar-refractivity contribution in [1.82, 2.24) is 4.90 Å². The van der Waals surface area contributed by atoms with Crippen molar-refractivity contribution in [3.63, 3.8) is 0 Å². The molecule has 1 amide bonds. The van der Waals surface area contributed by atoms with E-state index in [4.69, 9.17) is 4.42 Å². The number of aryl methyl sites for hydroxylation is 2. The van der Waals surface area contributed by atoms with E-state index in [1.165, 1.54) is 5.56 Å². The van der Waals surface area contributed by atoms with Crippen LogP contribution in [0.5, 0.6) is 0 Å². The zero-order valence-corrected chi connectivity index (χ0v) is 15.9. The SMILES string of the molecule is Cc1ccc(NC(=O)CN(Cc2ccco2)C2CCS(=O)(=O)C2)cc1C. The van der Waals surface area contributed by atoms with E-state index in [2.05, 4.69) is 5.32 Å². The summed E-state index contributed by atoms with van der Waals surface area (Å²) in [7, 11) is -3.03.